The molecule has 2 aromatic carbocycles. The molecular weight excluding hydrogens is 416 g/mol. The Morgan fingerprint density at radius 2 is 1.64 bits per heavy atom. The highest BCUT2D eigenvalue weighted by molar-refractivity contribution is 5.91. The largest absolute Gasteiger partial charge is 0.333 e. The van der Waals surface area contributed by atoms with E-state index in [0.29, 0.717) is 22.6 Å². The highest BCUT2D eigenvalue weighted by atomic mass is 16.5. The van der Waals surface area contributed by atoms with Crippen LogP contribution in [0.15, 0.2) is 57.8 Å². The third-order valence-electron chi connectivity index (χ3n) is 5.62. The number of carbonyl (C=O) groups excluding carboxylic acids is 1. The Hall–Kier alpha value is -4.00. The standard InChI is InChI=1S/C26H26N4O3/c1-15-7-10-20(11-8-15)24-28-25(33-29-24)23-18(4)13-19(5)30(26(23)32)14-22(31)27-21-12-16(2)6-9-17(21)3/h6-13H,14H2,1-5H3,(H,27,31). The second kappa shape index (κ2) is 8.86. The molecule has 0 bridgehead atoms. The molecule has 0 unspecified atom stereocenters. The van der Waals surface area contributed by atoms with Crippen LogP contribution in [0.1, 0.15) is 27.9 Å². The molecule has 0 atom stereocenters. The van der Waals surface area contributed by atoms with Gasteiger partial charge in [-0.3, -0.25) is 9.59 Å². The highest BCUT2D eigenvalue weighted by Crippen LogP contribution is 2.23. The van der Waals surface area contributed by atoms with Gasteiger partial charge >= 0.3 is 0 Å². The molecule has 0 spiro atoms. The van der Waals surface area contributed by atoms with E-state index in [2.05, 4.69) is 15.5 Å². The van der Waals surface area contributed by atoms with Crippen molar-refractivity contribution >= 4 is 11.6 Å². The summed E-state index contributed by atoms with van der Waals surface area (Å²) in [7, 11) is 0. The molecule has 0 fully saturated rings. The van der Waals surface area contributed by atoms with Crippen LogP contribution in [0.4, 0.5) is 5.69 Å². The Morgan fingerprint density at radius 3 is 2.36 bits per heavy atom. The summed E-state index contributed by atoms with van der Waals surface area (Å²) in [5.74, 6) is 0.259. The van der Waals surface area contributed by atoms with Crippen LogP contribution in [0.2, 0.25) is 0 Å². The average molecular weight is 443 g/mol. The average Bonchev–Trinajstić information content (AvgIpc) is 3.24. The summed E-state index contributed by atoms with van der Waals surface area (Å²) in [6, 6.07) is 15.4. The maximum absolute atomic E-state index is 13.4. The van der Waals surface area contributed by atoms with E-state index in [-0.39, 0.29) is 23.9 Å². The van der Waals surface area contributed by atoms with Crippen molar-refractivity contribution in [2.75, 3.05) is 5.32 Å². The smallest absolute Gasteiger partial charge is 0.264 e. The molecule has 0 aliphatic heterocycles. The van der Waals surface area contributed by atoms with Crippen molar-refractivity contribution in [3.05, 3.63) is 86.8 Å². The third-order valence-corrected chi connectivity index (χ3v) is 5.62. The Kier molecular flexibility index (Phi) is 5.96. The fourth-order valence-electron chi connectivity index (χ4n) is 3.73. The topological polar surface area (TPSA) is 90.0 Å². The molecular formula is C26H26N4O3. The van der Waals surface area contributed by atoms with Crippen molar-refractivity contribution in [3.8, 4) is 22.8 Å². The number of anilines is 1. The lowest BCUT2D eigenvalue weighted by Crippen LogP contribution is -2.30. The van der Waals surface area contributed by atoms with E-state index in [0.717, 1.165) is 27.9 Å². The van der Waals surface area contributed by atoms with Gasteiger partial charge in [0.25, 0.3) is 11.4 Å². The molecule has 4 rings (SSSR count). The Balaban J connectivity index is 1.65. The maximum atomic E-state index is 13.4. The molecule has 0 radical (unpaired) electrons. The zero-order valence-corrected chi connectivity index (χ0v) is 19.4. The molecule has 7 nitrogen and oxygen atoms in total. The van der Waals surface area contributed by atoms with Crippen molar-refractivity contribution in [2.24, 2.45) is 0 Å². The van der Waals surface area contributed by atoms with Gasteiger partial charge in [0.1, 0.15) is 12.1 Å². The summed E-state index contributed by atoms with van der Waals surface area (Å²) in [5, 5.41) is 6.96. The second-order valence-electron chi connectivity index (χ2n) is 8.39. The minimum atomic E-state index is -0.345. The number of amides is 1. The number of benzene rings is 2. The maximum Gasteiger partial charge on any atom is 0.264 e. The van der Waals surface area contributed by atoms with Gasteiger partial charge in [0.05, 0.1) is 0 Å². The number of nitrogens with zero attached hydrogens (tertiary/aromatic N) is 3. The van der Waals surface area contributed by atoms with Crippen molar-refractivity contribution in [1.82, 2.24) is 14.7 Å². The van der Waals surface area contributed by atoms with Gasteiger partial charge in [-0.2, -0.15) is 4.98 Å². The summed E-state index contributed by atoms with van der Waals surface area (Å²) in [4.78, 5) is 30.6. The lowest BCUT2D eigenvalue weighted by Gasteiger charge is -2.14. The third kappa shape index (κ3) is 4.62. The van der Waals surface area contributed by atoms with Crippen LogP contribution in [0.25, 0.3) is 22.8 Å². The van der Waals surface area contributed by atoms with E-state index in [9.17, 15) is 9.59 Å². The molecule has 0 aliphatic carbocycles. The molecule has 0 saturated heterocycles. The normalized spacial score (nSPS) is 10.9. The first-order valence-electron chi connectivity index (χ1n) is 10.7. The molecule has 4 aromatic rings. The first-order chi connectivity index (χ1) is 15.7. The Labute approximate surface area is 192 Å². The monoisotopic (exact) mass is 442 g/mol. The molecule has 0 aliphatic rings. The number of nitrogens with one attached hydrogen (secondary N) is 1. The first-order valence-corrected chi connectivity index (χ1v) is 10.7. The summed E-state index contributed by atoms with van der Waals surface area (Å²) >= 11 is 0. The summed E-state index contributed by atoms with van der Waals surface area (Å²) in [6.07, 6.45) is 0. The molecule has 168 valence electrons. The predicted molar refractivity (Wildman–Crippen MR) is 128 cm³/mol. The van der Waals surface area contributed by atoms with Crippen molar-refractivity contribution < 1.29 is 9.32 Å². The van der Waals surface area contributed by atoms with E-state index in [1.54, 1.807) is 6.92 Å². The van der Waals surface area contributed by atoms with Crippen molar-refractivity contribution in [3.63, 3.8) is 0 Å². The predicted octanol–water partition coefficient (Wildman–Crippen LogP) is 4.75. The fourth-order valence-corrected chi connectivity index (χ4v) is 3.73. The van der Waals surface area contributed by atoms with Gasteiger partial charge in [-0.1, -0.05) is 47.1 Å². The molecule has 0 saturated carbocycles. The number of rotatable bonds is 5. The van der Waals surface area contributed by atoms with Crippen LogP contribution in [0.5, 0.6) is 0 Å². The van der Waals surface area contributed by atoms with E-state index in [1.165, 1.54) is 4.57 Å². The lowest BCUT2D eigenvalue weighted by molar-refractivity contribution is -0.116. The molecule has 2 heterocycles. The van der Waals surface area contributed by atoms with Crippen LogP contribution >= 0.6 is 0 Å². The van der Waals surface area contributed by atoms with Crippen molar-refractivity contribution in [2.45, 2.75) is 41.2 Å². The number of pyridine rings is 1. The van der Waals surface area contributed by atoms with Gasteiger partial charge in [-0.05, 0) is 63.4 Å². The molecule has 2 aromatic heterocycles. The summed E-state index contributed by atoms with van der Waals surface area (Å²) in [6.45, 7) is 9.39. The van der Waals surface area contributed by atoms with E-state index < -0.39 is 0 Å². The van der Waals surface area contributed by atoms with Gasteiger partial charge < -0.3 is 14.4 Å². The van der Waals surface area contributed by atoms with Gasteiger partial charge in [0.15, 0.2) is 0 Å². The lowest BCUT2D eigenvalue weighted by atomic mass is 10.1. The first kappa shape index (κ1) is 22.2. The van der Waals surface area contributed by atoms with Crippen LogP contribution < -0.4 is 10.9 Å². The van der Waals surface area contributed by atoms with Crippen LogP contribution in [0, 0.1) is 34.6 Å². The quantitative estimate of drug-likeness (QED) is 0.482. The molecule has 33 heavy (non-hydrogen) atoms. The number of aromatic nitrogens is 3. The Morgan fingerprint density at radius 1 is 0.939 bits per heavy atom. The summed E-state index contributed by atoms with van der Waals surface area (Å²) in [5.41, 5.74) is 6.00. The molecule has 1 N–H and O–H groups in total. The number of hydrogen-bond acceptors (Lipinski definition) is 5. The van der Waals surface area contributed by atoms with Gasteiger partial charge in [0, 0.05) is 16.9 Å². The SMILES string of the molecule is Cc1ccc(-c2noc(-c3c(C)cc(C)n(CC(=O)Nc4cc(C)ccc4C)c3=O)n2)cc1. The van der Waals surface area contributed by atoms with Gasteiger partial charge in [-0.25, -0.2) is 0 Å². The van der Waals surface area contributed by atoms with E-state index >= 15 is 0 Å². The fraction of sp³-hybridized carbons (Fsp3) is 0.231. The Bertz CT molecular complexity index is 1400. The van der Waals surface area contributed by atoms with E-state index in [4.69, 9.17) is 4.52 Å². The van der Waals surface area contributed by atoms with Crippen LogP contribution in [0.3, 0.4) is 0 Å². The van der Waals surface area contributed by atoms with Crippen LogP contribution in [-0.2, 0) is 11.3 Å². The van der Waals surface area contributed by atoms with E-state index in [1.807, 2.05) is 76.2 Å². The second-order valence-corrected chi connectivity index (χ2v) is 8.39. The minimum absolute atomic E-state index is 0.121. The van der Waals surface area contributed by atoms with Gasteiger partial charge in [-0.15, -0.1) is 0 Å². The number of aryl methyl sites for hydroxylation is 5. The molecule has 1 amide bonds. The number of carbonyl (C=O) groups is 1. The number of hydrogen-bond donors (Lipinski definition) is 1. The zero-order valence-electron chi connectivity index (χ0n) is 19.4. The highest BCUT2D eigenvalue weighted by Gasteiger charge is 2.20. The minimum Gasteiger partial charge on any atom is -0.333 e. The van der Waals surface area contributed by atoms with Crippen LogP contribution in [-0.4, -0.2) is 20.6 Å². The zero-order chi connectivity index (χ0) is 23.7. The molecule has 7 heteroatoms. The summed E-state index contributed by atoms with van der Waals surface area (Å²) < 4.78 is 6.88. The van der Waals surface area contributed by atoms with Gasteiger partial charge in [0.2, 0.25) is 11.7 Å². The van der Waals surface area contributed by atoms with Crippen molar-refractivity contribution in [1.29, 1.82) is 0 Å².